The number of ether oxygens (including phenoxy) is 1. The molecule has 2 aromatic heterocycles. The fourth-order valence-corrected chi connectivity index (χ4v) is 6.30. The first kappa shape index (κ1) is 22.8. The minimum absolute atomic E-state index is 0.0389. The molecule has 2 unspecified atom stereocenters. The number of thioether (sulfide) groups is 1. The van der Waals surface area contributed by atoms with Crippen LogP contribution >= 0.6 is 11.8 Å². The molecule has 36 heavy (non-hydrogen) atoms. The van der Waals surface area contributed by atoms with E-state index in [-0.39, 0.29) is 24.0 Å². The lowest BCUT2D eigenvalue weighted by molar-refractivity contribution is -0.122. The summed E-state index contributed by atoms with van der Waals surface area (Å²) >= 11 is 1.38. The number of nitrogens with two attached hydrogens (primary N) is 1. The summed E-state index contributed by atoms with van der Waals surface area (Å²) in [4.78, 5) is 37.0. The Bertz CT molecular complexity index is 1290. The van der Waals surface area contributed by atoms with Crippen molar-refractivity contribution >= 4 is 35.1 Å². The van der Waals surface area contributed by atoms with Gasteiger partial charge in [-0.25, -0.2) is 14.8 Å². The first-order valence-electron chi connectivity index (χ1n) is 12.1. The number of nitrogens with zero attached hydrogens (tertiary/aromatic N) is 3. The Balaban J connectivity index is 1.24. The van der Waals surface area contributed by atoms with Crippen molar-refractivity contribution in [3.8, 4) is 11.6 Å². The highest BCUT2D eigenvalue weighted by Crippen LogP contribution is 2.50. The maximum Gasteiger partial charge on any atom is 0.327 e. The lowest BCUT2D eigenvalue weighted by Crippen LogP contribution is -2.54. The van der Waals surface area contributed by atoms with Gasteiger partial charge in [0.05, 0.1) is 23.6 Å². The number of para-hydroxylation sites is 1. The minimum atomic E-state index is -0.506. The zero-order valence-corrected chi connectivity index (χ0v) is 20.3. The predicted molar refractivity (Wildman–Crippen MR) is 136 cm³/mol. The van der Waals surface area contributed by atoms with E-state index in [1.807, 2.05) is 30.3 Å². The number of hydrogen-bond acceptors (Lipinski definition) is 7. The average molecular weight is 503 g/mol. The molecular formula is C26H26N6O3S. The number of aromatic nitrogens is 2. The van der Waals surface area contributed by atoms with Gasteiger partial charge in [-0.15, -0.1) is 0 Å². The Hall–Kier alpha value is -3.63. The number of urea groups is 1. The SMILES string of the molecule is N[C@@H]1CCCC[C@H]1NC(=O)C1Sc2nccc3c2C1NC(=O)N3c1ccc(Oc2ccccc2)nc1. The number of carbonyl (C=O) groups is 2. The zero-order valence-electron chi connectivity index (χ0n) is 19.5. The van der Waals surface area contributed by atoms with Gasteiger partial charge >= 0.3 is 6.03 Å². The summed E-state index contributed by atoms with van der Waals surface area (Å²) in [6.45, 7) is 0. The van der Waals surface area contributed by atoms with Gasteiger partial charge in [-0.3, -0.25) is 9.69 Å². The third-order valence-electron chi connectivity index (χ3n) is 6.86. The van der Waals surface area contributed by atoms with Gasteiger partial charge in [-0.05, 0) is 37.1 Å². The van der Waals surface area contributed by atoms with Gasteiger partial charge in [0.1, 0.15) is 16.0 Å². The highest BCUT2D eigenvalue weighted by Gasteiger charge is 2.47. The van der Waals surface area contributed by atoms with Gasteiger partial charge in [0.25, 0.3) is 0 Å². The molecule has 0 radical (unpaired) electrons. The van der Waals surface area contributed by atoms with Crippen LogP contribution in [0.5, 0.6) is 11.6 Å². The van der Waals surface area contributed by atoms with Crippen LogP contribution in [0.1, 0.15) is 37.3 Å². The quantitative estimate of drug-likeness (QED) is 0.481. The molecule has 3 amide bonds. The highest BCUT2D eigenvalue weighted by molar-refractivity contribution is 8.01. The molecule has 3 aromatic rings. The van der Waals surface area contributed by atoms with E-state index in [2.05, 4.69) is 20.6 Å². The van der Waals surface area contributed by atoms with Crippen molar-refractivity contribution in [2.45, 2.75) is 54.1 Å². The molecule has 0 bridgehead atoms. The summed E-state index contributed by atoms with van der Waals surface area (Å²) in [6, 6.07) is 13.8. The third kappa shape index (κ3) is 4.16. The maximum absolute atomic E-state index is 13.3. The largest absolute Gasteiger partial charge is 0.439 e. The molecule has 2 aliphatic heterocycles. The fourth-order valence-electron chi connectivity index (χ4n) is 5.06. The van der Waals surface area contributed by atoms with Gasteiger partial charge in [0.15, 0.2) is 0 Å². The Labute approximate surface area is 212 Å². The van der Waals surface area contributed by atoms with Crippen molar-refractivity contribution in [1.29, 1.82) is 0 Å². The zero-order chi connectivity index (χ0) is 24.6. The van der Waals surface area contributed by atoms with E-state index in [0.29, 0.717) is 23.0 Å². The van der Waals surface area contributed by atoms with Crippen LogP contribution in [0, 0.1) is 0 Å². The topological polar surface area (TPSA) is 122 Å². The van der Waals surface area contributed by atoms with Crippen LogP contribution in [-0.4, -0.2) is 39.2 Å². The number of pyridine rings is 2. The van der Waals surface area contributed by atoms with Gasteiger partial charge in [-0.1, -0.05) is 42.8 Å². The summed E-state index contributed by atoms with van der Waals surface area (Å²) in [5.41, 5.74) is 8.38. The molecule has 6 rings (SSSR count). The fraction of sp³-hybridized carbons (Fsp3) is 0.308. The van der Waals surface area contributed by atoms with Gasteiger partial charge in [-0.2, -0.15) is 0 Å². The Morgan fingerprint density at radius 1 is 1.11 bits per heavy atom. The first-order chi connectivity index (χ1) is 17.6. The van der Waals surface area contributed by atoms with Crippen molar-refractivity contribution in [1.82, 2.24) is 20.6 Å². The van der Waals surface area contributed by atoms with Crippen molar-refractivity contribution in [2.75, 3.05) is 4.90 Å². The molecule has 1 fully saturated rings. The van der Waals surface area contributed by atoms with E-state index in [9.17, 15) is 9.59 Å². The molecule has 3 aliphatic rings. The molecule has 1 aromatic carbocycles. The van der Waals surface area contributed by atoms with Crippen LogP contribution in [0.15, 0.2) is 66.0 Å². The maximum atomic E-state index is 13.3. The predicted octanol–water partition coefficient (Wildman–Crippen LogP) is 4.03. The van der Waals surface area contributed by atoms with E-state index >= 15 is 0 Å². The van der Waals surface area contributed by atoms with E-state index in [0.717, 1.165) is 36.3 Å². The smallest absolute Gasteiger partial charge is 0.327 e. The second-order valence-electron chi connectivity index (χ2n) is 9.18. The van der Waals surface area contributed by atoms with Crippen LogP contribution < -0.4 is 26.0 Å². The summed E-state index contributed by atoms with van der Waals surface area (Å²) < 4.78 is 5.78. The molecule has 1 saturated carbocycles. The van der Waals surface area contributed by atoms with Crippen LogP contribution in [-0.2, 0) is 4.79 Å². The number of hydrogen-bond donors (Lipinski definition) is 3. The molecule has 4 N–H and O–H groups in total. The van der Waals surface area contributed by atoms with E-state index in [1.165, 1.54) is 11.8 Å². The highest BCUT2D eigenvalue weighted by atomic mass is 32.2. The number of nitrogens with one attached hydrogen (secondary N) is 2. The molecule has 0 saturated heterocycles. The molecular weight excluding hydrogens is 476 g/mol. The molecule has 10 heteroatoms. The van der Waals surface area contributed by atoms with Gasteiger partial charge < -0.3 is 21.1 Å². The second kappa shape index (κ2) is 9.44. The van der Waals surface area contributed by atoms with E-state index < -0.39 is 11.3 Å². The van der Waals surface area contributed by atoms with Crippen LogP contribution in [0.3, 0.4) is 0 Å². The van der Waals surface area contributed by atoms with E-state index in [1.54, 1.807) is 35.5 Å². The molecule has 4 heterocycles. The molecule has 1 aliphatic carbocycles. The number of rotatable bonds is 5. The first-order valence-corrected chi connectivity index (χ1v) is 13.0. The summed E-state index contributed by atoms with van der Waals surface area (Å²) in [5.74, 6) is 0.987. The summed E-state index contributed by atoms with van der Waals surface area (Å²) in [7, 11) is 0. The van der Waals surface area contributed by atoms with Crippen molar-refractivity contribution in [3.63, 3.8) is 0 Å². The van der Waals surface area contributed by atoms with Crippen LogP contribution in [0.2, 0.25) is 0 Å². The normalized spacial score (nSPS) is 24.6. The number of benzene rings is 1. The lowest BCUT2D eigenvalue weighted by atomic mass is 9.90. The number of amides is 3. The van der Waals surface area contributed by atoms with Crippen LogP contribution in [0.4, 0.5) is 16.2 Å². The standard InChI is InChI=1S/C26H26N6O3S/c27-17-8-4-5-9-18(17)30-24(33)23-22-21-19(12-13-28-25(21)36-23)32(26(34)31-22)15-10-11-20(29-14-15)35-16-6-2-1-3-7-16/h1-3,6-7,10-14,17-18,22-23H,4-5,8-9,27H2,(H,30,33)(H,31,34)/t17-,18-,22?,23?/m1/s1. The summed E-state index contributed by atoms with van der Waals surface area (Å²) in [5, 5.41) is 6.40. The average Bonchev–Trinajstić information content (AvgIpc) is 3.26. The molecule has 9 nitrogen and oxygen atoms in total. The third-order valence-corrected chi connectivity index (χ3v) is 8.14. The van der Waals surface area contributed by atoms with Crippen molar-refractivity contribution < 1.29 is 14.3 Å². The van der Waals surface area contributed by atoms with Gasteiger partial charge in [0.2, 0.25) is 11.8 Å². The second-order valence-corrected chi connectivity index (χ2v) is 10.3. The lowest BCUT2D eigenvalue weighted by Gasteiger charge is -2.35. The number of anilines is 2. The van der Waals surface area contributed by atoms with Gasteiger partial charge in [0, 0.05) is 29.9 Å². The molecule has 4 atom stereocenters. The van der Waals surface area contributed by atoms with Crippen molar-refractivity contribution in [3.05, 3.63) is 66.5 Å². The minimum Gasteiger partial charge on any atom is -0.439 e. The summed E-state index contributed by atoms with van der Waals surface area (Å²) in [6.07, 6.45) is 7.20. The van der Waals surface area contributed by atoms with Crippen LogP contribution in [0.25, 0.3) is 0 Å². The Morgan fingerprint density at radius 3 is 2.72 bits per heavy atom. The van der Waals surface area contributed by atoms with E-state index in [4.69, 9.17) is 10.5 Å². The molecule has 0 spiro atoms. The Kier molecular flexibility index (Phi) is 5.98. The Morgan fingerprint density at radius 2 is 1.94 bits per heavy atom. The monoisotopic (exact) mass is 502 g/mol. The molecule has 184 valence electrons. The number of carbonyl (C=O) groups excluding carboxylic acids is 2. The van der Waals surface area contributed by atoms with Crippen molar-refractivity contribution in [2.24, 2.45) is 5.73 Å².